The molecule has 22 heavy (non-hydrogen) atoms. The second-order valence-electron chi connectivity index (χ2n) is 5.43. The summed E-state index contributed by atoms with van der Waals surface area (Å²) in [6, 6.07) is 0. The summed E-state index contributed by atoms with van der Waals surface area (Å²) in [4.78, 5) is 35.6. The van der Waals surface area contributed by atoms with Crippen LogP contribution in [-0.2, 0) is 26.4 Å². The number of amides is 1. The van der Waals surface area contributed by atoms with E-state index in [2.05, 4.69) is 16.9 Å². The molecule has 3 heterocycles. The van der Waals surface area contributed by atoms with Gasteiger partial charge < -0.3 is 9.47 Å². The van der Waals surface area contributed by atoms with Crippen molar-refractivity contribution in [1.29, 1.82) is 0 Å². The number of aryl methyl sites for hydroxylation is 2. The first-order valence-electron chi connectivity index (χ1n) is 7.37. The van der Waals surface area contributed by atoms with E-state index in [-0.39, 0.29) is 11.5 Å². The lowest BCUT2D eigenvalue weighted by Gasteiger charge is -2.27. The molecule has 2 aromatic rings. The van der Waals surface area contributed by atoms with Gasteiger partial charge in [0.15, 0.2) is 0 Å². The lowest BCUT2D eigenvalue weighted by molar-refractivity contribution is 0.0735. The molecule has 7 heteroatoms. The molecule has 0 atom stereocenters. The smallest absolute Gasteiger partial charge is 0.265 e. The van der Waals surface area contributed by atoms with Gasteiger partial charge in [-0.1, -0.05) is 6.92 Å². The SMILES string of the molecule is CCCc1ncc(C(=O)N2CCc3c(ncn(C)c3=O)C2)s1. The Labute approximate surface area is 132 Å². The summed E-state index contributed by atoms with van der Waals surface area (Å²) in [5.41, 5.74) is 1.42. The van der Waals surface area contributed by atoms with E-state index in [1.54, 1.807) is 18.1 Å². The average molecular weight is 318 g/mol. The highest BCUT2D eigenvalue weighted by Crippen LogP contribution is 2.20. The van der Waals surface area contributed by atoms with Crippen LogP contribution in [0.1, 0.15) is 39.3 Å². The quantitative estimate of drug-likeness (QED) is 0.857. The van der Waals surface area contributed by atoms with Gasteiger partial charge in [0.25, 0.3) is 11.5 Å². The van der Waals surface area contributed by atoms with Crippen LogP contribution in [0, 0.1) is 0 Å². The number of fused-ring (bicyclic) bond motifs is 1. The molecule has 3 rings (SSSR count). The molecule has 1 amide bonds. The Hall–Kier alpha value is -2.02. The largest absolute Gasteiger partial charge is 0.332 e. The Morgan fingerprint density at radius 3 is 3.00 bits per heavy atom. The van der Waals surface area contributed by atoms with Gasteiger partial charge in [0, 0.05) is 19.2 Å². The van der Waals surface area contributed by atoms with Gasteiger partial charge in [-0.25, -0.2) is 9.97 Å². The second kappa shape index (κ2) is 6.00. The van der Waals surface area contributed by atoms with Gasteiger partial charge in [-0.15, -0.1) is 11.3 Å². The van der Waals surface area contributed by atoms with Gasteiger partial charge in [-0.05, 0) is 19.3 Å². The number of aromatic nitrogens is 3. The molecular formula is C15H18N4O2S. The Bertz CT molecular complexity index is 765. The van der Waals surface area contributed by atoms with Crippen LogP contribution >= 0.6 is 11.3 Å². The molecule has 0 spiro atoms. The van der Waals surface area contributed by atoms with E-state index in [4.69, 9.17) is 0 Å². The van der Waals surface area contributed by atoms with Crippen molar-refractivity contribution in [3.8, 4) is 0 Å². The zero-order valence-electron chi connectivity index (χ0n) is 12.7. The van der Waals surface area contributed by atoms with E-state index in [0.717, 1.165) is 23.4 Å². The Balaban J connectivity index is 1.80. The number of thiazole rings is 1. The number of rotatable bonds is 3. The van der Waals surface area contributed by atoms with Crippen molar-refractivity contribution in [2.75, 3.05) is 6.54 Å². The van der Waals surface area contributed by atoms with Crippen LogP contribution in [0.3, 0.4) is 0 Å². The van der Waals surface area contributed by atoms with Crippen molar-refractivity contribution in [3.05, 3.63) is 44.0 Å². The highest BCUT2D eigenvalue weighted by Gasteiger charge is 2.25. The monoisotopic (exact) mass is 318 g/mol. The standard InChI is InChI=1S/C15H18N4O2S/c1-3-4-13-16-7-12(22-13)15(21)19-6-5-10-11(8-19)17-9-18(2)14(10)20/h7,9H,3-6,8H2,1-2H3. The minimum Gasteiger partial charge on any atom is -0.332 e. The van der Waals surface area contributed by atoms with Crippen LogP contribution in [0.5, 0.6) is 0 Å². The van der Waals surface area contributed by atoms with Gasteiger partial charge in [-0.2, -0.15) is 0 Å². The molecule has 0 fully saturated rings. The molecule has 1 aliphatic heterocycles. The topological polar surface area (TPSA) is 68.1 Å². The van der Waals surface area contributed by atoms with Crippen molar-refractivity contribution >= 4 is 17.2 Å². The summed E-state index contributed by atoms with van der Waals surface area (Å²) in [6.07, 6.45) is 5.65. The average Bonchev–Trinajstić information content (AvgIpc) is 2.99. The molecule has 2 aromatic heterocycles. The van der Waals surface area contributed by atoms with E-state index in [1.165, 1.54) is 22.2 Å². The second-order valence-corrected chi connectivity index (χ2v) is 6.55. The lowest BCUT2D eigenvalue weighted by atomic mass is 10.1. The van der Waals surface area contributed by atoms with Crippen LogP contribution in [0.2, 0.25) is 0 Å². The molecule has 0 aliphatic carbocycles. The summed E-state index contributed by atoms with van der Waals surface area (Å²) in [5, 5.41) is 0.996. The maximum atomic E-state index is 12.6. The Kier molecular flexibility index (Phi) is 4.06. The van der Waals surface area contributed by atoms with Crippen LogP contribution in [0.25, 0.3) is 0 Å². The van der Waals surface area contributed by atoms with Gasteiger partial charge in [-0.3, -0.25) is 9.59 Å². The first kappa shape index (κ1) is 14.9. The molecule has 0 bridgehead atoms. The summed E-state index contributed by atoms with van der Waals surface area (Å²) < 4.78 is 1.48. The fourth-order valence-electron chi connectivity index (χ4n) is 2.58. The first-order chi connectivity index (χ1) is 10.6. The molecule has 0 saturated heterocycles. The van der Waals surface area contributed by atoms with Gasteiger partial charge in [0.1, 0.15) is 4.88 Å². The zero-order chi connectivity index (χ0) is 15.7. The van der Waals surface area contributed by atoms with Crippen molar-refractivity contribution in [3.63, 3.8) is 0 Å². The summed E-state index contributed by atoms with van der Waals surface area (Å²) in [7, 11) is 1.69. The van der Waals surface area contributed by atoms with E-state index < -0.39 is 0 Å². The summed E-state index contributed by atoms with van der Waals surface area (Å²) in [5.74, 6) is -0.0204. The van der Waals surface area contributed by atoms with Crippen LogP contribution in [-0.4, -0.2) is 31.9 Å². The number of nitrogens with zero attached hydrogens (tertiary/aromatic N) is 4. The van der Waals surface area contributed by atoms with Crippen LogP contribution in [0.15, 0.2) is 17.3 Å². The minimum atomic E-state index is -0.0204. The fraction of sp³-hybridized carbons (Fsp3) is 0.467. The predicted molar refractivity (Wildman–Crippen MR) is 84.0 cm³/mol. The van der Waals surface area contributed by atoms with E-state index in [9.17, 15) is 9.59 Å². The minimum absolute atomic E-state index is 0.0138. The first-order valence-corrected chi connectivity index (χ1v) is 8.19. The van der Waals surface area contributed by atoms with Crippen molar-refractivity contribution in [2.24, 2.45) is 7.05 Å². The molecule has 0 unspecified atom stereocenters. The summed E-state index contributed by atoms with van der Waals surface area (Å²) in [6.45, 7) is 3.04. The molecule has 1 aliphatic rings. The molecule has 0 N–H and O–H groups in total. The van der Waals surface area contributed by atoms with E-state index >= 15 is 0 Å². The number of carbonyl (C=O) groups is 1. The van der Waals surface area contributed by atoms with E-state index in [0.29, 0.717) is 30.1 Å². The third-order valence-electron chi connectivity index (χ3n) is 3.80. The van der Waals surface area contributed by atoms with E-state index in [1.807, 2.05) is 0 Å². The maximum Gasteiger partial charge on any atom is 0.265 e. The normalized spacial score (nSPS) is 14.0. The van der Waals surface area contributed by atoms with Crippen LogP contribution in [0.4, 0.5) is 0 Å². The van der Waals surface area contributed by atoms with Gasteiger partial charge in [0.05, 0.1) is 29.8 Å². The highest BCUT2D eigenvalue weighted by molar-refractivity contribution is 7.13. The maximum absolute atomic E-state index is 12.6. The molecular weight excluding hydrogens is 300 g/mol. The number of hydrogen-bond acceptors (Lipinski definition) is 5. The van der Waals surface area contributed by atoms with Gasteiger partial charge in [0.2, 0.25) is 0 Å². The highest BCUT2D eigenvalue weighted by atomic mass is 32.1. The number of carbonyl (C=O) groups excluding carboxylic acids is 1. The zero-order valence-corrected chi connectivity index (χ0v) is 13.5. The fourth-order valence-corrected chi connectivity index (χ4v) is 3.57. The molecule has 0 saturated carbocycles. The lowest BCUT2D eigenvalue weighted by Crippen LogP contribution is -2.39. The Morgan fingerprint density at radius 2 is 2.23 bits per heavy atom. The predicted octanol–water partition coefficient (Wildman–Crippen LogP) is 1.39. The molecule has 116 valence electrons. The third kappa shape index (κ3) is 2.68. The molecule has 6 nitrogen and oxygen atoms in total. The van der Waals surface area contributed by atoms with Crippen LogP contribution < -0.4 is 5.56 Å². The molecule has 0 aromatic carbocycles. The third-order valence-corrected chi connectivity index (χ3v) is 4.85. The number of hydrogen-bond donors (Lipinski definition) is 0. The molecule has 0 radical (unpaired) electrons. The van der Waals surface area contributed by atoms with Crippen molar-refractivity contribution in [1.82, 2.24) is 19.4 Å². The van der Waals surface area contributed by atoms with Crippen molar-refractivity contribution < 1.29 is 4.79 Å². The van der Waals surface area contributed by atoms with Crippen molar-refractivity contribution in [2.45, 2.75) is 32.7 Å². The summed E-state index contributed by atoms with van der Waals surface area (Å²) >= 11 is 1.46. The Morgan fingerprint density at radius 1 is 1.41 bits per heavy atom. The van der Waals surface area contributed by atoms with Gasteiger partial charge >= 0.3 is 0 Å².